The molecule has 92 valence electrons. The van der Waals surface area contributed by atoms with Gasteiger partial charge in [-0.3, -0.25) is 0 Å². The fourth-order valence-electron chi connectivity index (χ4n) is 1.84. The smallest absolute Gasteiger partial charge is 0.241 e. The predicted molar refractivity (Wildman–Crippen MR) is 66.5 cm³/mol. The fourth-order valence-corrected chi connectivity index (χ4v) is 1.84. The lowest BCUT2D eigenvalue weighted by Gasteiger charge is -2.07. The molecule has 2 aromatic heterocycles. The number of ether oxygens (including phenoxy) is 1. The van der Waals surface area contributed by atoms with Gasteiger partial charge in [-0.25, -0.2) is 0 Å². The summed E-state index contributed by atoms with van der Waals surface area (Å²) in [5, 5.41) is 17.6. The second-order valence-electron chi connectivity index (χ2n) is 4.04. The summed E-state index contributed by atoms with van der Waals surface area (Å²) in [6, 6.07) is 7.84. The molecule has 0 spiro atoms. The van der Waals surface area contributed by atoms with Crippen molar-refractivity contribution in [1.29, 1.82) is 0 Å². The summed E-state index contributed by atoms with van der Waals surface area (Å²) in [6.45, 7) is 2.78. The molecule has 3 rings (SSSR count). The van der Waals surface area contributed by atoms with E-state index in [2.05, 4.69) is 27.5 Å². The first-order chi connectivity index (χ1) is 8.90. The highest BCUT2D eigenvalue weighted by Crippen LogP contribution is 2.25. The van der Waals surface area contributed by atoms with E-state index < -0.39 is 0 Å². The van der Waals surface area contributed by atoms with Gasteiger partial charge >= 0.3 is 0 Å². The third-order valence-electron chi connectivity index (χ3n) is 2.77. The molecule has 0 saturated carbocycles. The molecule has 6 nitrogen and oxygen atoms in total. The zero-order valence-corrected chi connectivity index (χ0v) is 10.1. The third-order valence-corrected chi connectivity index (χ3v) is 2.77. The van der Waals surface area contributed by atoms with Gasteiger partial charge in [0.05, 0.1) is 6.61 Å². The monoisotopic (exact) mass is 243 g/mol. The average Bonchev–Trinajstić information content (AvgIpc) is 2.87. The molecule has 0 aliphatic rings. The van der Waals surface area contributed by atoms with Crippen LogP contribution < -0.4 is 4.74 Å². The number of rotatable bonds is 4. The van der Waals surface area contributed by atoms with Gasteiger partial charge in [-0.1, -0.05) is 31.5 Å². The van der Waals surface area contributed by atoms with E-state index in [1.165, 1.54) is 4.63 Å². The van der Waals surface area contributed by atoms with Gasteiger partial charge in [0.25, 0.3) is 0 Å². The minimum Gasteiger partial charge on any atom is -0.476 e. The van der Waals surface area contributed by atoms with Crippen LogP contribution >= 0.6 is 0 Å². The number of nitrogens with zero attached hydrogens (tertiary/aromatic N) is 5. The number of fused-ring (bicyclic) bond motifs is 3. The number of unbranched alkanes of at least 4 members (excludes halogenated alkanes) is 1. The van der Waals surface area contributed by atoms with E-state index >= 15 is 0 Å². The van der Waals surface area contributed by atoms with Crippen LogP contribution in [0.4, 0.5) is 0 Å². The van der Waals surface area contributed by atoms with E-state index in [9.17, 15) is 0 Å². The van der Waals surface area contributed by atoms with Crippen molar-refractivity contribution < 1.29 is 4.74 Å². The molecule has 1 aromatic carbocycles. The van der Waals surface area contributed by atoms with Gasteiger partial charge < -0.3 is 4.74 Å². The van der Waals surface area contributed by atoms with Crippen molar-refractivity contribution in [3.05, 3.63) is 24.3 Å². The lowest BCUT2D eigenvalue weighted by atomic mass is 10.2. The maximum atomic E-state index is 5.71. The van der Waals surface area contributed by atoms with Crippen LogP contribution in [0.1, 0.15) is 19.8 Å². The molecule has 6 heteroatoms. The predicted octanol–water partition coefficient (Wildman–Crippen LogP) is 1.85. The molecule has 0 atom stereocenters. The van der Waals surface area contributed by atoms with Crippen LogP contribution in [0.2, 0.25) is 0 Å². The third kappa shape index (κ3) is 1.75. The highest BCUT2D eigenvalue weighted by molar-refractivity contribution is 5.96. The maximum Gasteiger partial charge on any atom is 0.241 e. The minimum atomic E-state index is 0.582. The summed E-state index contributed by atoms with van der Waals surface area (Å²) < 4.78 is 7.12. The first-order valence-corrected chi connectivity index (χ1v) is 6.00. The molecule has 0 aliphatic carbocycles. The van der Waals surface area contributed by atoms with Gasteiger partial charge in [0.2, 0.25) is 11.5 Å². The SMILES string of the molecule is CCCCOc1nn2nnnc2c2ccccc12. The molecule has 0 unspecified atom stereocenters. The van der Waals surface area contributed by atoms with E-state index in [-0.39, 0.29) is 0 Å². The molecule has 0 saturated heterocycles. The van der Waals surface area contributed by atoms with Crippen molar-refractivity contribution in [2.75, 3.05) is 6.61 Å². The fraction of sp³-hybridized carbons (Fsp3) is 0.333. The van der Waals surface area contributed by atoms with Crippen molar-refractivity contribution in [3.63, 3.8) is 0 Å². The number of benzene rings is 1. The van der Waals surface area contributed by atoms with E-state index in [1.807, 2.05) is 24.3 Å². The average molecular weight is 243 g/mol. The molecule has 2 heterocycles. The lowest BCUT2D eigenvalue weighted by molar-refractivity contribution is 0.296. The van der Waals surface area contributed by atoms with Crippen LogP contribution in [0, 0.1) is 0 Å². The van der Waals surface area contributed by atoms with Crippen molar-refractivity contribution in [3.8, 4) is 5.88 Å². The number of hydrogen-bond acceptors (Lipinski definition) is 5. The topological polar surface area (TPSA) is 65.2 Å². The molecule has 0 N–H and O–H groups in total. The highest BCUT2D eigenvalue weighted by Gasteiger charge is 2.11. The van der Waals surface area contributed by atoms with Crippen LogP contribution in [-0.2, 0) is 0 Å². The number of tetrazole rings is 1. The van der Waals surface area contributed by atoms with Gasteiger partial charge in [0.1, 0.15) is 0 Å². The Morgan fingerprint density at radius 1 is 1.22 bits per heavy atom. The molecule has 18 heavy (non-hydrogen) atoms. The van der Waals surface area contributed by atoms with Crippen molar-refractivity contribution in [1.82, 2.24) is 25.3 Å². The Hall–Kier alpha value is -2.24. The highest BCUT2D eigenvalue weighted by atomic mass is 16.5. The van der Waals surface area contributed by atoms with Crippen LogP contribution in [0.25, 0.3) is 16.4 Å². The van der Waals surface area contributed by atoms with Gasteiger partial charge in [0, 0.05) is 10.8 Å². The van der Waals surface area contributed by atoms with Crippen molar-refractivity contribution in [2.24, 2.45) is 0 Å². The zero-order valence-electron chi connectivity index (χ0n) is 10.1. The summed E-state index contributed by atoms with van der Waals surface area (Å²) in [4.78, 5) is 0. The second-order valence-corrected chi connectivity index (χ2v) is 4.04. The summed E-state index contributed by atoms with van der Waals surface area (Å²) in [5.41, 5.74) is 0.647. The van der Waals surface area contributed by atoms with Gasteiger partial charge in [0.15, 0.2) is 0 Å². The standard InChI is InChI=1S/C12H13N5O/c1-2-3-8-18-12-10-7-5-4-6-9(10)11-13-15-16-17(11)14-12/h4-7H,2-3,8H2,1H3. The minimum absolute atomic E-state index is 0.582. The molecular formula is C12H13N5O. The molecule has 0 amide bonds. The molecule has 0 aliphatic heterocycles. The van der Waals surface area contributed by atoms with Gasteiger partial charge in [-0.15, -0.1) is 14.8 Å². The van der Waals surface area contributed by atoms with Crippen molar-refractivity contribution >= 4 is 16.4 Å². The first kappa shape index (κ1) is 10.9. The Balaban J connectivity index is 2.14. The normalized spacial score (nSPS) is 11.2. The number of hydrogen-bond donors (Lipinski definition) is 0. The summed E-state index contributed by atoms with van der Waals surface area (Å²) >= 11 is 0. The Labute approximate surface area is 104 Å². The summed E-state index contributed by atoms with van der Waals surface area (Å²) in [6.07, 6.45) is 2.09. The second kappa shape index (κ2) is 4.56. The maximum absolute atomic E-state index is 5.71. The van der Waals surface area contributed by atoms with Gasteiger partial charge in [-0.05, 0) is 22.9 Å². The summed E-state index contributed by atoms with van der Waals surface area (Å²) in [7, 11) is 0. The lowest BCUT2D eigenvalue weighted by Crippen LogP contribution is -2.04. The number of aromatic nitrogens is 5. The van der Waals surface area contributed by atoms with Crippen LogP contribution in [-0.4, -0.2) is 31.9 Å². The quantitative estimate of drug-likeness (QED) is 0.654. The van der Waals surface area contributed by atoms with E-state index in [4.69, 9.17) is 4.74 Å². The molecule has 0 bridgehead atoms. The molecular weight excluding hydrogens is 230 g/mol. The largest absolute Gasteiger partial charge is 0.476 e. The Kier molecular flexibility index (Phi) is 2.76. The molecule has 0 radical (unpaired) electrons. The van der Waals surface area contributed by atoms with E-state index in [1.54, 1.807) is 0 Å². The Morgan fingerprint density at radius 3 is 2.89 bits per heavy atom. The Morgan fingerprint density at radius 2 is 2.06 bits per heavy atom. The van der Waals surface area contributed by atoms with Crippen LogP contribution in [0.5, 0.6) is 5.88 Å². The van der Waals surface area contributed by atoms with Gasteiger partial charge in [-0.2, -0.15) is 0 Å². The Bertz CT molecular complexity index is 678. The zero-order chi connectivity index (χ0) is 12.4. The molecule has 3 aromatic rings. The van der Waals surface area contributed by atoms with E-state index in [0.29, 0.717) is 18.1 Å². The van der Waals surface area contributed by atoms with Crippen molar-refractivity contribution in [2.45, 2.75) is 19.8 Å². The van der Waals surface area contributed by atoms with Crippen LogP contribution in [0.15, 0.2) is 24.3 Å². The van der Waals surface area contributed by atoms with E-state index in [0.717, 1.165) is 23.6 Å². The van der Waals surface area contributed by atoms with Crippen LogP contribution in [0.3, 0.4) is 0 Å². The molecule has 0 fully saturated rings. The summed E-state index contributed by atoms with van der Waals surface area (Å²) in [5.74, 6) is 0.582. The first-order valence-electron chi connectivity index (χ1n) is 6.00.